The number of aliphatic hydroxyl groups excluding tert-OH is 2. The largest absolute Gasteiger partial charge is 0.400 e. The lowest BCUT2D eigenvalue weighted by Crippen LogP contribution is -2.28. The second kappa shape index (κ2) is 11.9. The number of aromatic nitrogens is 4. The summed E-state index contributed by atoms with van der Waals surface area (Å²) in [7, 11) is 1.00. The van der Waals surface area contributed by atoms with Crippen molar-refractivity contribution in [3.05, 3.63) is 45.5 Å². The van der Waals surface area contributed by atoms with Gasteiger partial charge >= 0.3 is 11.4 Å². The Kier molecular flexibility index (Phi) is 9.61. The van der Waals surface area contributed by atoms with Crippen LogP contribution in [-0.4, -0.2) is 65.9 Å². The van der Waals surface area contributed by atoms with Crippen LogP contribution in [-0.2, 0) is 9.47 Å². The third-order valence-corrected chi connectivity index (χ3v) is 5.74. The molecule has 4 heterocycles. The zero-order valence-electron chi connectivity index (χ0n) is 16.2. The molecule has 0 aromatic carbocycles. The summed E-state index contributed by atoms with van der Waals surface area (Å²) in [5.41, 5.74) is 9.68. The summed E-state index contributed by atoms with van der Waals surface area (Å²) < 4.78 is 13.5. The highest BCUT2D eigenvalue weighted by Crippen LogP contribution is 2.30. The lowest BCUT2D eigenvalue weighted by atomic mass is 10.5. The molecular formula is C16H24N6O6S2. The number of hydrogen-bond acceptors (Lipinski definition) is 12. The van der Waals surface area contributed by atoms with Gasteiger partial charge in [-0.05, 0) is 12.1 Å². The van der Waals surface area contributed by atoms with Crippen molar-refractivity contribution in [1.29, 1.82) is 0 Å². The Morgan fingerprint density at radius 1 is 1.07 bits per heavy atom. The predicted octanol–water partition coefficient (Wildman–Crippen LogP) is -0.941. The first-order valence-corrected chi connectivity index (χ1v) is 10.9. The van der Waals surface area contributed by atoms with Gasteiger partial charge in [0, 0.05) is 31.0 Å². The van der Waals surface area contributed by atoms with Gasteiger partial charge in [-0.15, -0.1) is 23.5 Å². The van der Waals surface area contributed by atoms with Crippen LogP contribution < -0.4 is 22.8 Å². The molecule has 14 heteroatoms. The molecule has 0 aliphatic carbocycles. The molecule has 2 aliphatic rings. The minimum Gasteiger partial charge on any atom is -0.400 e. The van der Waals surface area contributed by atoms with E-state index in [9.17, 15) is 9.59 Å². The van der Waals surface area contributed by atoms with E-state index >= 15 is 0 Å². The molecule has 2 aliphatic heterocycles. The Balaban J connectivity index is 0.000000199. The number of hydrogen-bond donors (Lipinski definition) is 4. The van der Waals surface area contributed by atoms with Crippen molar-refractivity contribution in [3.63, 3.8) is 0 Å². The van der Waals surface area contributed by atoms with Crippen molar-refractivity contribution in [3.8, 4) is 0 Å². The molecule has 0 saturated carbocycles. The maximum Gasteiger partial charge on any atom is 0.351 e. The van der Waals surface area contributed by atoms with Crippen LogP contribution in [0.15, 0.2) is 34.1 Å². The Hall–Kier alpha value is -2.10. The minimum atomic E-state index is -0.431. The predicted molar refractivity (Wildman–Crippen MR) is 115 cm³/mol. The highest BCUT2D eigenvalue weighted by atomic mass is 32.2. The van der Waals surface area contributed by atoms with Crippen LogP contribution in [0.4, 0.5) is 11.6 Å². The zero-order valence-corrected chi connectivity index (χ0v) is 17.8. The minimum absolute atomic E-state index is 0.0572. The van der Waals surface area contributed by atoms with Gasteiger partial charge < -0.3 is 31.2 Å². The van der Waals surface area contributed by atoms with Gasteiger partial charge in [0.25, 0.3) is 0 Å². The van der Waals surface area contributed by atoms with Gasteiger partial charge in [-0.2, -0.15) is 9.97 Å². The topological polar surface area (TPSA) is 181 Å². The van der Waals surface area contributed by atoms with E-state index in [1.165, 1.54) is 20.9 Å². The summed E-state index contributed by atoms with van der Waals surface area (Å²) in [4.78, 5) is 30.0. The fraction of sp³-hybridized carbons (Fsp3) is 0.500. The Morgan fingerprint density at radius 3 is 2.07 bits per heavy atom. The second-order valence-corrected chi connectivity index (χ2v) is 7.90. The van der Waals surface area contributed by atoms with Crippen LogP contribution in [0.5, 0.6) is 0 Å². The van der Waals surface area contributed by atoms with Gasteiger partial charge in [0.1, 0.15) is 29.5 Å². The van der Waals surface area contributed by atoms with E-state index in [-0.39, 0.29) is 41.8 Å². The van der Waals surface area contributed by atoms with Crippen LogP contribution in [0.3, 0.4) is 0 Å². The highest BCUT2D eigenvalue weighted by molar-refractivity contribution is 8.00. The van der Waals surface area contributed by atoms with Crippen LogP contribution in [0, 0.1) is 0 Å². The molecular weight excluding hydrogens is 436 g/mol. The number of ether oxygens (including phenoxy) is 2. The first-order chi connectivity index (χ1) is 14.5. The quantitative estimate of drug-likeness (QED) is 0.442. The number of nitrogen functional groups attached to an aromatic ring is 2. The molecule has 0 bridgehead atoms. The monoisotopic (exact) mass is 460 g/mol. The van der Waals surface area contributed by atoms with E-state index in [4.69, 9.17) is 31.2 Å². The average molecular weight is 461 g/mol. The molecule has 0 radical (unpaired) electrons. The summed E-state index contributed by atoms with van der Waals surface area (Å²) in [6, 6.07) is 3.13. The molecule has 30 heavy (non-hydrogen) atoms. The zero-order chi connectivity index (χ0) is 22.1. The number of anilines is 2. The number of nitrogens with zero attached hydrogens (tertiary/aromatic N) is 4. The number of rotatable bonds is 3. The van der Waals surface area contributed by atoms with E-state index < -0.39 is 5.69 Å². The summed E-state index contributed by atoms with van der Waals surface area (Å²) in [6.45, 7) is -0.0572. The van der Waals surface area contributed by atoms with Crippen molar-refractivity contribution < 1.29 is 19.7 Å². The standard InChI is InChI=1S/C8H11N3O3S.C7H9N3O2S.CH4O/c9-5-1-2-11(8(13)10-5)6-4-15-7(3-12)14-6;8-5-1-2-10(7(11)9-5)6-3-13-4-12-6;1-2/h1-2,6-7,12H,3-4H2,(H2,9,10,13);1-2,6H,3-4H2,(H2,8,9,11);2H,1H3. The summed E-state index contributed by atoms with van der Waals surface area (Å²) >= 11 is 3.12. The first kappa shape index (κ1) is 24.2. The second-order valence-electron chi connectivity index (χ2n) is 5.73. The molecule has 6 N–H and O–H groups in total. The van der Waals surface area contributed by atoms with Gasteiger partial charge in [0.05, 0.1) is 12.5 Å². The van der Waals surface area contributed by atoms with E-state index in [0.717, 1.165) is 12.9 Å². The third-order valence-electron chi connectivity index (χ3n) is 3.81. The molecule has 2 aromatic rings. The van der Waals surface area contributed by atoms with Crippen molar-refractivity contribution in [2.45, 2.75) is 17.9 Å². The van der Waals surface area contributed by atoms with E-state index in [1.807, 2.05) is 0 Å². The van der Waals surface area contributed by atoms with Crippen molar-refractivity contribution in [2.24, 2.45) is 0 Å². The molecule has 2 aromatic heterocycles. The van der Waals surface area contributed by atoms with E-state index in [0.29, 0.717) is 11.7 Å². The van der Waals surface area contributed by atoms with Gasteiger partial charge in [-0.1, -0.05) is 0 Å². The molecule has 166 valence electrons. The lowest BCUT2D eigenvalue weighted by molar-refractivity contribution is -0.00629. The van der Waals surface area contributed by atoms with Crippen molar-refractivity contribution >= 4 is 35.2 Å². The van der Waals surface area contributed by atoms with Crippen molar-refractivity contribution in [1.82, 2.24) is 19.1 Å². The first-order valence-electron chi connectivity index (χ1n) is 8.69. The van der Waals surface area contributed by atoms with Crippen molar-refractivity contribution in [2.75, 3.05) is 42.6 Å². The fourth-order valence-corrected chi connectivity index (χ4v) is 4.20. The van der Waals surface area contributed by atoms with E-state index in [2.05, 4.69) is 9.97 Å². The molecule has 0 spiro atoms. The highest BCUT2D eigenvalue weighted by Gasteiger charge is 2.27. The number of aliphatic hydroxyl groups is 2. The maximum atomic E-state index is 11.4. The van der Waals surface area contributed by atoms with Crippen LogP contribution >= 0.6 is 23.5 Å². The molecule has 3 unspecified atom stereocenters. The average Bonchev–Trinajstić information content (AvgIpc) is 3.42. The third kappa shape index (κ3) is 6.45. The lowest BCUT2D eigenvalue weighted by Gasteiger charge is -2.13. The molecule has 2 saturated heterocycles. The molecule has 3 atom stereocenters. The Morgan fingerprint density at radius 2 is 1.63 bits per heavy atom. The molecule has 2 fully saturated rings. The Labute approximate surface area is 180 Å². The normalized spacial score (nSPS) is 22.6. The maximum absolute atomic E-state index is 11.4. The van der Waals surface area contributed by atoms with E-state index in [1.54, 1.807) is 36.3 Å². The van der Waals surface area contributed by atoms with Gasteiger partial charge in [-0.3, -0.25) is 9.13 Å². The molecule has 4 rings (SSSR count). The van der Waals surface area contributed by atoms with Crippen LogP contribution in [0.2, 0.25) is 0 Å². The smallest absolute Gasteiger partial charge is 0.351 e. The Bertz CT molecular complexity index is 920. The van der Waals surface area contributed by atoms with Crippen LogP contribution in [0.25, 0.3) is 0 Å². The summed E-state index contributed by atoms with van der Waals surface area (Å²) in [6.07, 6.45) is 2.61. The number of thioether (sulfide) groups is 2. The summed E-state index contributed by atoms with van der Waals surface area (Å²) in [5, 5.41) is 15.9. The molecule has 0 amide bonds. The van der Waals surface area contributed by atoms with Crippen LogP contribution in [0.1, 0.15) is 12.5 Å². The number of nitrogens with two attached hydrogens (primary N) is 2. The fourth-order valence-electron chi connectivity index (χ4n) is 2.46. The van der Waals surface area contributed by atoms with Gasteiger partial charge in [-0.25, -0.2) is 9.59 Å². The molecule has 12 nitrogen and oxygen atoms in total. The SMILES string of the molecule is CO.Nc1ccn(C2CSC(CO)O2)c(=O)n1.Nc1ccn(C2CSCO2)c(=O)n1. The van der Waals surface area contributed by atoms with Gasteiger partial charge in [0.15, 0.2) is 0 Å². The summed E-state index contributed by atoms with van der Waals surface area (Å²) in [5.74, 6) is 2.47. The van der Waals surface area contributed by atoms with Gasteiger partial charge in [0.2, 0.25) is 0 Å².